The predicted octanol–water partition coefficient (Wildman–Crippen LogP) is 2.47. The summed E-state index contributed by atoms with van der Waals surface area (Å²) in [4.78, 5) is 0. The van der Waals surface area contributed by atoms with E-state index >= 15 is 0 Å². The third-order valence-corrected chi connectivity index (χ3v) is 6.03. The van der Waals surface area contributed by atoms with E-state index in [4.69, 9.17) is 0 Å². The molecule has 0 radical (unpaired) electrons. The Hall–Kier alpha value is 0.260. The summed E-state index contributed by atoms with van der Waals surface area (Å²) in [6.07, 6.45) is 8.90. The maximum Gasteiger partial charge on any atom is 0.148 e. The third-order valence-electron chi connectivity index (χ3n) is 3.40. The molecule has 0 bridgehead atoms. The van der Waals surface area contributed by atoms with E-state index in [-0.39, 0.29) is 0 Å². The zero-order valence-electron chi connectivity index (χ0n) is 11.7. The van der Waals surface area contributed by atoms with Gasteiger partial charge in [0.1, 0.15) is 9.84 Å². The molecular formula is C13H27NO2S2. The van der Waals surface area contributed by atoms with E-state index in [1.807, 2.05) is 11.8 Å². The highest BCUT2D eigenvalue weighted by Gasteiger charge is 2.23. The fraction of sp³-hybridized carbons (Fsp3) is 1.00. The molecule has 1 aliphatic rings. The largest absolute Gasteiger partial charge is 0.313 e. The van der Waals surface area contributed by atoms with Crippen LogP contribution in [0.25, 0.3) is 0 Å². The number of thioether (sulfide) groups is 1. The maximum absolute atomic E-state index is 11.2. The average Bonchev–Trinajstić information content (AvgIpc) is 2.50. The standard InChI is InChI=1S/C13H27NO2S2/c1-3-9-14-12-7-5-4-6-8-13(12)17-10-11-18(2,15)16/h12-14H,3-11H2,1-2H3. The second kappa shape index (κ2) is 8.43. The van der Waals surface area contributed by atoms with Crippen LogP contribution < -0.4 is 5.32 Å². The summed E-state index contributed by atoms with van der Waals surface area (Å²) in [5.74, 6) is 1.06. The van der Waals surface area contributed by atoms with Crippen molar-refractivity contribution in [2.24, 2.45) is 0 Å². The highest BCUT2D eigenvalue weighted by molar-refractivity contribution is 8.01. The molecule has 0 spiro atoms. The topological polar surface area (TPSA) is 46.2 Å². The highest BCUT2D eigenvalue weighted by Crippen LogP contribution is 2.28. The van der Waals surface area contributed by atoms with Gasteiger partial charge in [-0.25, -0.2) is 8.42 Å². The molecule has 108 valence electrons. The van der Waals surface area contributed by atoms with Gasteiger partial charge in [-0.05, 0) is 25.8 Å². The van der Waals surface area contributed by atoms with Gasteiger partial charge in [0.05, 0.1) is 5.75 Å². The molecule has 2 atom stereocenters. The first-order valence-corrected chi connectivity index (χ1v) is 10.2. The molecule has 1 aliphatic carbocycles. The zero-order valence-corrected chi connectivity index (χ0v) is 13.3. The summed E-state index contributed by atoms with van der Waals surface area (Å²) in [7, 11) is -2.81. The van der Waals surface area contributed by atoms with Gasteiger partial charge >= 0.3 is 0 Å². The van der Waals surface area contributed by atoms with Crippen molar-refractivity contribution in [3.8, 4) is 0 Å². The molecule has 1 fully saturated rings. The van der Waals surface area contributed by atoms with Crippen molar-refractivity contribution >= 4 is 21.6 Å². The number of nitrogens with one attached hydrogen (secondary N) is 1. The smallest absolute Gasteiger partial charge is 0.148 e. The predicted molar refractivity (Wildman–Crippen MR) is 81.1 cm³/mol. The quantitative estimate of drug-likeness (QED) is 0.733. The van der Waals surface area contributed by atoms with Crippen molar-refractivity contribution in [1.29, 1.82) is 0 Å². The third kappa shape index (κ3) is 7.00. The molecule has 18 heavy (non-hydrogen) atoms. The molecule has 0 aromatic rings. The minimum Gasteiger partial charge on any atom is -0.313 e. The molecule has 0 saturated heterocycles. The van der Waals surface area contributed by atoms with Gasteiger partial charge in [-0.2, -0.15) is 11.8 Å². The van der Waals surface area contributed by atoms with Crippen molar-refractivity contribution in [3.63, 3.8) is 0 Å². The SMILES string of the molecule is CCCNC1CCCCCC1SCCS(C)(=O)=O. The zero-order chi connectivity index (χ0) is 13.4. The molecular weight excluding hydrogens is 266 g/mol. The highest BCUT2D eigenvalue weighted by atomic mass is 32.2. The van der Waals surface area contributed by atoms with Crippen LogP contribution in [0.15, 0.2) is 0 Å². The monoisotopic (exact) mass is 293 g/mol. The molecule has 5 heteroatoms. The second-order valence-corrected chi connectivity index (χ2v) is 8.84. The van der Waals surface area contributed by atoms with E-state index in [2.05, 4.69) is 12.2 Å². The van der Waals surface area contributed by atoms with E-state index in [1.165, 1.54) is 38.4 Å². The van der Waals surface area contributed by atoms with Gasteiger partial charge in [0.2, 0.25) is 0 Å². The van der Waals surface area contributed by atoms with Crippen LogP contribution >= 0.6 is 11.8 Å². The van der Waals surface area contributed by atoms with E-state index in [1.54, 1.807) is 0 Å². The molecule has 0 aliphatic heterocycles. The molecule has 0 aromatic heterocycles. The van der Waals surface area contributed by atoms with Gasteiger partial charge in [0, 0.05) is 23.3 Å². The van der Waals surface area contributed by atoms with Gasteiger partial charge in [-0.3, -0.25) is 0 Å². The lowest BCUT2D eigenvalue weighted by Gasteiger charge is -2.25. The fourth-order valence-corrected chi connectivity index (χ4v) is 5.08. The summed E-state index contributed by atoms with van der Waals surface area (Å²) >= 11 is 1.85. The Morgan fingerprint density at radius 1 is 1.22 bits per heavy atom. The lowest BCUT2D eigenvalue weighted by Crippen LogP contribution is -2.38. The summed E-state index contributed by atoms with van der Waals surface area (Å²) in [5.41, 5.74) is 0. The Bertz CT molecular complexity index is 317. The first-order chi connectivity index (χ1) is 8.53. The summed E-state index contributed by atoms with van der Waals surface area (Å²) in [6.45, 7) is 3.27. The van der Waals surface area contributed by atoms with Crippen LogP contribution in [0.2, 0.25) is 0 Å². The molecule has 3 nitrogen and oxygen atoms in total. The molecule has 1 rings (SSSR count). The number of hydrogen-bond donors (Lipinski definition) is 1. The van der Waals surface area contributed by atoms with Crippen LogP contribution in [0.1, 0.15) is 45.4 Å². The van der Waals surface area contributed by atoms with Crippen LogP contribution in [0.4, 0.5) is 0 Å². The number of hydrogen-bond acceptors (Lipinski definition) is 4. The summed E-state index contributed by atoms with van der Waals surface area (Å²) in [6, 6.07) is 0.581. The first-order valence-electron chi connectivity index (χ1n) is 7.05. The van der Waals surface area contributed by atoms with Crippen LogP contribution in [0.5, 0.6) is 0 Å². The Kier molecular flexibility index (Phi) is 7.64. The Morgan fingerprint density at radius 2 is 1.94 bits per heavy atom. The van der Waals surface area contributed by atoms with Crippen molar-refractivity contribution in [3.05, 3.63) is 0 Å². The molecule has 0 amide bonds. The minimum atomic E-state index is -2.81. The Morgan fingerprint density at radius 3 is 2.61 bits per heavy atom. The van der Waals surface area contributed by atoms with Crippen LogP contribution in [-0.4, -0.2) is 44.0 Å². The molecule has 2 unspecified atom stereocenters. The van der Waals surface area contributed by atoms with Crippen molar-refractivity contribution in [2.45, 2.75) is 56.7 Å². The van der Waals surface area contributed by atoms with E-state index in [0.29, 0.717) is 17.0 Å². The van der Waals surface area contributed by atoms with Gasteiger partial charge in [0.25, 0.3) is 0 Å². The minimum absolute atomic E-state index is 0.314. The number of rotatable bonds is 7. The maximum atomic E-state index is 11.2. The van der Waals surface area contributed by atoms with Crippen LogP contribution in [0, 0.1) is 0 Å². The van der Waals surface area contributed by atoms with Gasteiger partial charge in [-0.15, -0.1) is 0 Å². The van der Waals surface area contributed by atoms with Gasteiger partial charge in [0.15, 0.2) is 0 Å². The van der Waals surface area contributed by atoms with E-state index in [0.717, 1.165) is 18.7 Å². The summed E-state index contributed by atoms with van der Waals surface area (Å²) < 4.78 is 22.3. The summed E-state index contributed by atoms with van der Waals surface area (Å²) in [5, 5.41) is 4.24. The second-order valence-electron chi connectivity index (χ2n) is 5.24. The molecule has 0 aromatic carbocycles. The normalized spacial score (nSPS) is 25.9. The average molecular weight is 293 g/mol. The molecule has 1 saturated carbocycles. The van der Waals surface area contributed by atoms with E-state index < -0.39 is 9.84 Å². The molecule has 1 N–H and O–H groups in total. The van der Waals surface area contributed by atoms with E-state index in [9.17, 15) is 8.42 Å². The van der Waals surface area contributed by atoms with Gasteiger partial charge in [-0.1, -0.05) is 26.2 Å². The Balaban J connectivity index is 2.40. The molecule has 0 heterocycles. The van der Waals surface area contributed by atoms with Crippen molar-refractivity contribution in [2.75, 3.05) is 24.3 Å². The van der Waals surface area contributed by atoms with Crippen molar-refractivity contribution < 1.29 is 8.42 Å². The van der Waals surface area contributed by atoms with Crippen LogP contribution in [-0.2, 0) is 9.84 Å². The van der Waals surface area contributed by atoms with Gasteiger partial charge < -0.3 is 5.32 Å². The van der Waals surface area contributed by atoms with Crippen molar-refractivity contribution in [1.82, 2.24) is 5.32 Å². The Labute approximate surface area is 116 Å². The number of sulfone groups is 1. The van der Waals surface area contributed by atoms with Crippen LogP contribution in [0.3, 0.4) is 0 Å². The first kappa shape index (κ1) is 16.3. The lowest BCUT2D eigenvalue weighted by molar-refractivity contribution is 0.470. The fourth-order valence-electron chi connectivity index (χ4n) is 2.39. The lowest BCUT2D eigenvalue weighted by atomic mass is 10.1.